The number of sulfonamides is 1. The van der Waals surface area contributed by atoms with Gasteiger partial charge in [0.25, 0.3) is 0 Å². The molecule has 2 N–H and O–H groups in total. The van der Waals surface area contributed by atoms with Gasteiger partial charge in [-0.05, 0) is 19.9 Å². The molecule has 104 valence electrons. The molecule has 7 heteroatoms. The minimum absolute atomic E-state index is 0.164. The van der Waals surface area contributed by atoms with Crippen LogP contribution in [0.1, 0.15) is 19.5 Å². The molecule has 0 bridgehead atoms. The number of hydrogen-bond acceptors (Lipinski definition) is 4. The van der Waals surface area contributed by atoms with Crippen molar-refractivity contribution >= 4 is 10.0 Å². The first-order valence-corrected chi connectivity index (χ1v) is 7.25. The molecule has 0 aliphatic rings. The maximum atomic E-state index is 12.0. The van der Waals surface area contributed by atoms with Gasteiger partial charge in [0, 0.05) is 32.1 Å². The highest BCUT2D eigenvalue weighted by Gasteiger charge is 2.18. The van der Waals surface area contributed by atoms with Gasteiger partial charge in [0.15, 0.2) is 0 Å². The van der Waals surface area contributed by atoms with Crippen molar-refractivity contribution in [1.82, 2.24) is 9.29 Å². The van der Waals surface area contributed by atoms with Crippen molar-refractivity contribution in [2.24, 2.45) is 0 Å². The summed E-state index contributed by atoms with van der Waals surface area (Å²) in [7, 11) is -2.03. The molecule has 0 aliphatic carbocycles. The van der Waals surface area contributed by atoms with E-state index in [9.17, 15) is 8.42 Å². The number of rotatable bonds is 7. The minimum atomic E-state index is -3.55. The number of methoxy groups -OCH3 is 1. The highest BCUT2D eigenvalue weighted by atomic mass is 32.2. The summed E-state index contributed by atoms with van der Waals surface area (Å²) in [6, 6.07) is 1.48. The third-order valence-corrected chi connectivity index (χ3v) is 4.13. The SMILES string of the molecule is CCn1cc(S(=O)(=O)NCC(C)OC)cc1CO. The fourth-order valence-corrected chi connectivity index (χ4v) is 2.67. The number of ether oxygens (including phenoxy) is 1. The van der Waals surface area contributed by atoms with E-state index in [0.717, 1.165) is 0 Å². The zero-order chi connectivity index (χ0) is 13.8. The van der Waals surface area contributed by atoms with Gasteiger partial charge < -0.3 is 14.4 Å². The summed E-state index contributed by atoms with van der Waals surface area (Å²) in [4.78, 5) is 0.164. The van der Waals surface area contributed by atoms with Gasteiger partial charge in [0.1, 0.15) is 0 Å². The molecular weight excluding hydrogens is 256 g/mol. The summed E-state index contributed by atoms with van der Waals surface area (Å²) in [5.41, 5.74) is 0.581. The Kier molecular flexibility index (Phi) is 5.33. The van der Waals surface area contributed by atoms with Crippen molar-refractivity contribution in [3.8, 4) is 0 Å². The number of aliphatic hydroxyl groups excluding tert-OH is 1. The van der Waals surface area contributed by atoms with E-state index in [-0.39, 0.29) is 24.2 Å². The molecule has 0 aliphatic heterocycles. The van der Waals surface area contributed by atoms with Crippen LogP contribution in [-0.4, -0.2) is 37.8 Å². The van der Waals surface area contributed by atoms with Crippen LogP contribution in [0.15, 0.2) is 17.2 Å². The predicted molar refractivity (Wildman–Crippen MR) is 67.7 cm³/mol. The van der Waals surface area contributed by atoms with Crippen molar-refractivity contribution < 1.29 is 18.3 Å². The van der Waals surface area contributed by atoms with Gasteiger partial charge in [-0.3, -0.25) is 0 Å². The average molecular weight is 276 g/mol. The molecule has 0 aromatic carbocycles. The Balaban J connectivity index is 2.88. The predicted octanol–water partition coefficient (Wildman–Crippen LogP) is 0.313. The molecule has 0 fully saturated rings. The van der Waals surface area contributed by atoms with Crippen LogP contribution in [0.2, 0.25) is 0 Å². The van der Waals surface area contributed by atoms with E-state index < -0.39 is 10.0 Å². The van der Waals surface area contributed by atoms with Crippen LogP contribution in [0.4, 0.5) is 0 Å². The highest BCUT2D eigenvalue weighted by molar-refractivity contribution is 7.89. The van der Waals surface area contributed by atoms with Crippen LogP contribution in [0, 0.1) is 0 Å². The Morgan fingerprint density at radius 3 is 2.67 bits per heavy atom. The topological polar surface area (TPSA) is 80.6 Å². The van der Waals surface area contributed by atoms with Gasteiger partial charge in [-0.1, -0.05) is 0 Å². The lowest BCUT2D eigenvalue weighted by atomic mass is 10.4. The van der Waals surface area contributed by atoms with Crippen molar-refractivity contribution in [2.75, 3.05) is 13.7 Å². The Bertz CT molecular complexity index is 460. The molecular formula is C11H20N2O4S. The maximum absolute atomic E-state index is 12.0. The summed E-state index contributed by atoms with van der Waals surface area (Å²) in [6.45, 7) is 4.30. The highest BCUT2D eigenvalue weighted by Crippen LogP contribution is 2.14. The Hall–Kier alpha value is -0.890. The fourth-order valence-electron chi connectivity index (χ4n) is 1.49. The van der Waals surface area contributed by atoms with Gasteiger partial charge in [0.2, 0.25) is 10.0 Å². The lowest BCUT2D eigenvalue weighted by Gasteiger charge is -2.10. The normalized spacial score (nSPS) is 13.8. The van der Waals surface area contributed by atoms with Crippen molar-refractivity contribution in [3.63, 3.8) is 0 Å². The van der Waals surface area contributed by atoms with Crippen molar-refractivity contribution in [3.05, 3.63) is 18.0 Å². The fraction of sp³-hybridized carbons (Fsp3) is 0.636. The van der Waals surface area contributed by atoms with Gasteiger partial charge in [-0.25, -0.2) is 13.1 Å². The molecule has 6 nitrogen and oxygen atoms in total. The summed E-state index contributed by atoms with van der Waals surface area (Å²) < 4.78 is 33.1. The van der Waals surface area contributed by atoms with Crippen molar-refractivity contribution in [2.45, 2.75) is 38.0 Å². The summed E-state index contributed by atoms with van der Waals surface area (Å²) in [6.07, 6.45) is 1.33. The third kappa shape index (κ3) is 3.55. The first-order chi connectivity index (χ1) is 8.44. The van der Waals surface area contributed by atoms with E-state index in [2.05, 4.69) is 4.72 Å². The second-order valence-electron chi connectivity index (χ2n) is 4.01. The van der Waals surface area contributed by atoms with Gasteiger partial charge in [0.05, 0.1) is 17.6 Å². The Labute approximate surface area is 108 Å². The van der Waals surface area contributed by atoms with Crippen molar-refractivity contribution in [1.29, 1.82) is 0 Å². The number of hydrogen-bond donors (Lipinski definition) is 2. The summed E-state index contributed by atoms with van der Waals surface area (Å²) in [5.74, 6) is 0. The minimum Gasteiger partial charge on any atom is -0.390 e. The lowest BCUT2D eigenvalue weighted by Crippen LogP contribution is -2.31. The van der Waals surface area contributed by atoms with Gasteiger partial charge >= 0.3 is 0 Å². The number of aryl methyl sites for hydroxylation is 1. The standard InChI is InChI=1S/C11H20N2O4S/c1-4-13-7-11(5-10(13)8-14)18(15,16)12-6-9(2)17-3/h5,7,9,12,14H,4,6,8H2,1-3H3. The Morgan fingerprint density at radius 1 is 1.56 bits per heavy atom. The van der Waals surface area contributed by atoms with Gasteiger partial charge in [-0.2, -0.15) is 0 Å². The van der Waals surface area contributed by atoms with Crippen LogP contribution in [0.25, 0.3) is 0 Å². The molecule has 0 amide bonds. The zero-order valence-electron chi connectivity index (χ0n) is 10.9. The molecule has 18 heavy (non-hydrogen) atoms. The molecule has 1 atom stereocenters. The number of nitrogens with one attached hydrogen (secondary N) is 1. The quantitative estimate of drug-likeness (QED) is 0.751. The molecule has 1 unspecified atom stereocenters. The molecule has 0 saturated carbocycles. The smallest absolute Gasteiger partial charge is 0.242 e. The first kappa shape index (κ1) is 15.2. The van der Waals surface area contributed by atoms with E-state index in [1.807, 2.05) is 6.92 Å². The monoisotopic (exact) mass is 276 g/mol. The van der Waals surface area contributed by atoms with Crippen LogP contribution in [-0.2, 0) is 27.9 Å². The van der Waals surface area contributed by atoms with Crippen LogP contribution < -0.4 is 4.72 Å². The van der Waals surface area contributed by atoms with E-state index in [1.54, 1.807) is 11.5 Å². The van der Waals surface area contributed by atoms with Crippen LogP contribution in [0.3, 0.4) is 0 Å². The number of aromatic nitrogens is 1. The lowest BCUT2D eigenvalue weighted by molar-refractivity contribution is 0.122. The second kappa shape index (κ2) is 6.33. The first-order valence-electron chi connectivity index (χ1n) is 5.77. The summed E-state index contributed by atoms with van der Waals surface area (Å²) >= 11 is 0. The van der Waals surface area contributed by atoms with Gasteiger partial charge in [-0.15, -0.1) is 0 Å². The summed E-state index contributed by atoms with van der Waals surface area (Å²) in [5, 5.41) is 9.13. The number of nitrogens with zero attached hydrogens (tertiary/aromatic N) is 1. The molecule has 1 heterocycles. The van der Waals surface area contributed by atoms with Crippen LogP contribution >= 0.6 is 0 Å². The van der Waals surface area contributed by atoms with E-state index in [0.29, 0.717) is 12.2 Å². The average Bonchev–Trinajstić information content (AvgIpc) is 2.79. The largest absolute Gasteiger partial charge is 0.390 e. The second-order valence-corrected chi connectivity index (χ2v) is 5.78. The molecule has 0 radical (unpaired) electrons. The van der Waals surface area contributed by atoms with E-state index in [4.69, 9.17) is 9.84 Å². The third-order valence-electron chi connectivity index (χ3n) is 2.74. The van der Waals surface area contributed by atoms with Crippen LogP contribution in [0.5, 0.6) is 0 Å². The molecule has 1 rings (SSSR count). The number of aliphatic hydroxyl groups is 1. The zero-order valence-corrected chi connectivity index (χ0v) is 11.7. The molecule has 0 spiro atoms. The molecule has 1 aromatic rings. The molecule has 1 aromatic heterocycles. The maximum Gasteiger partial charge on any atom is 0.242 e. The van der Waals surface area contributed by atoms with E-state index >= 15 is 0 Å². The van der Waals surface area contributed by atoms with E-state index in [1.165, 1.54) is 19.4 Å². The molecule has 0 saturated heterocycles. The Morgan fingerprint density at radius 2 is 2.22 bits per heavy atom.